The molecule has 1 heterocycles. The average Bonchev–Trinajstić information content (AvgIpc) is 2.38. The number of piperidine rings is 1. The minimum Gasteiger partial charge on any atom is -0.385 e. The molecule has 1 saturated heterocycles. The first-order valence-electron chi connectivity index (χ1n) is 6.52. The first-order chi connectivity index (χ1) is 8.66. The van der Waals surface area contributed by atoms with Gasteiger partial charge in [0.25, 0.3) is 0 Å². The number of amides is 1. The SMILES string of the molecule is Cc1cc(C(N)=O)ccc1NCC1CCCNC1. The molecule has 4 N–H and O–H groups in total. The standard InChI is InChI=1S/C14H21N3O/c1-10-7-12(14(15)18)4-5-13(10)17-9-11-3-2-6-16-8-11/h4-5,7,11,16-17H,2-3,6,8-9H2,1H3,(H2,15,18). The van der Waals surface area contributed by atoms with Crippen molar-refractivity contribution in [2.75, 3.05) is 25.0 Å². The van der Waals surface area contributed by atoms with Gasteiger partial charge in [-0.05, 0) is 62.5 Å². The third-order valence-corrected chi connectivity index (χ3v) is 3.49. The molecule has 1 atom stereocenters. The third-order valence-electron chi connectivity index (χ3n) is 3.49. The van der Waals surface area contributed by atoms with Crippen LogP contribution in [0.5, 0.6) is 0 Å². The van der Waals surface area contributed by atoms with Gasteiger partial charge >= 0.3 is 0 Å². The molecule has 2 rings (SSSR count). The van der Waals surface area contributed by atoms with Gasteiger partial charge in [-0.15, -0.1) is 0 Å². The molecule has 1 aliphatic rings. The molecule has 0 aliphatic carbocycles. The van der Waals surface area contributed by atoms with Crippen molar-refractivity contribution in [1.82, 2.24) is 5.32 Å². The Bertz CT molecular complexity index is 425. The second-order valence-electron chi connectivity index (χ2n) is 4.99. The van der Waals surface area contributed by atoms with Crippen molar-refractivity contribution in [1.29, 1.82) is 0 Å². The van der Waals surface area contributed by atoms with Crippen molar-refractivity contribution in [2.45, 2.75) is 19.8 Å². The predicted molar refractivity (Wildman–Crippen MR) is 73.8 cm³/mol. The van der Waals surface area contributed by atoms with Crippen molar-refractivity contribution >= 4 is 11.6 Å². The molecule has 1 fully saturated rings. The fourth-order valence-electron chi connectivity index (χ4n) is 2.37. The second-order valence-corrected chi connectivity index (χ2v) is 4.99. The van der Waals surface area contributed by atoms with Crippen molar-refractivity contribution < 1.29 is 4.79 Å². The average molecular weight is 247 g/mol. The summed E-state index contributed by atoms with van der Waals surface area (Å²) in [4.78, 5) is 11.1. The van der Waals surface area contributed by atoms with E-state index < -0.39 is 0 Å². The van der Waals surface area contributed by atoms with Crippen LogP contribution < -0.4 is 16.4 Å². The third kappa shape index (κ3) is 3.23. The molecule has 1 aromatic carbocycles. The van der Waals surface area contributed by atoms with E-state index in [0.29, 0.717) is 11.5 Å². The fraction of sp³-hybridized carbons (Fsp3) is 0.500. The lowest BCUT2D eigenvalue weighted by Gasteiger charge is -2.23. The Hall–Kier alpha value is -1.55. The highest BCUT2D eigenvalue weighted by atomic mass is 16.1. The van der Waals surface area contributed by atoms with Gasteiger partial charge in [-0.25, -0.2) is 0 Å². The number of nitrogens with one attached hydrogen (secondary N) is 2. The fourth-order valence-corrected chi connectivity index (χ4v) is 2.37. The Morgan fingerprint density at radius 1 is 1.56 bits per heavy atom. The second kappa shape index (κ2) is 5.87. The lowest BCUT2D eigenvalue weighted by Crippen LogP contribution is -2.33. The number of benzene rings is 1. The summed E-state index contributed by atoms with van der Waals surface area (Å²) in [5, 5.41) is 6.87. The lowest BCUT2D eigenvalue weighted by atomic mass is 9.99. The predicted octanol–water partition coefficient (Wildman–Crippen LogP) is 1.51. The number of aryl methyl sites for hydroxylation is 1. The van der Waals surface area contributed by atoms with E-state index in [2.05, 4.69) is 10.6 Å². The maximum atomic E-state index is 11.1. The van der Waals surface area contributed by atoms with Crippen LogP contribution in [0.25, 0.3) is 0 Å². The molecule has 4 heteroatoms. The summed E-state index contributed by atoms with van der Waals surface area (Å²) in [7, 11) is 0. The summed E-state index contributed by atoms with van der Waals surface area (Å²) < 4.78 is 0. The van der Waals surface area contributed by atoms with E-state index in [-0.39, 0.29) is 5.91 Å². The van der Waals surface area contributed by atoms with Gasteiger partial charge in [-0.3, -0.25) is 4.79 Å². The van der Waals surface area contributed by atoms with Gasteiger partial charge < -0.3 is 16.4 Å². The highest BCUT2D eigenvalue weighted by molar-refractivity contribution is 5.93. The summed E-state index contributed by atoms with van der Waals surface area (Å²) in [6.07, 6.45) is 2.53. The van der Waals surface area contributed by atoms with Crippen LogP contribution in [-0.4, -0.2) is 25.5 Å². The van der Waals surface area contributed by atoms with E-state index >= 15 is 0 Å². The number of rotatable bonds is 4. The maximum absolute atomic E-state index is 11.1. The van der Waals surface area contributed by atoms with Crippen LogP contribution in [-0.2, 0) is 0 Å². The molecule has 0 aromatic heterocycles. The van der Waals surface area contributed by atoms with Crippen LogP contribution in [0, 0.1) is 12.8 Å². The summed E-state index contributed by atoms with van der Waals surface area (Å²) in [5.41, 5.74) is 7.98. The molecule has 4 nitrogen and oxygen atoms in total. The monoisotopic (exact) mass is 247 g/mol. The summed E-state index contributed by atoms with van der Waals surface area (Å²) in [5.74, 6) is 0.315. The molecule has 0 radical (unpaired) electrons. The van der Waals surface area contributed by atoms with E-state index in [1.807, 2.05) is 19.1 Å². The minimum absolute atomic E-state index is 0.374. The normalized spacial score (nSPS) is 19.5. The van der Waals surface area contributed by atoms with Crippen LogP contribution in [0.1, 0.15) is 28.8 Å². The number of hydrogen-bond acceptors (Lipinski definition) is 3. The van der Waals surface area contributed by atoms with Crippen LogP contribution >= 0.6 is 0 Å². The number of carbonyl (C=O) groups excluding carboxylic acids is 1. The number of carbonyl (C=O) groups is 1. The number of nitrogens with two attached hydrogens (primary N) is 1. The molecule has 18 heavy (non-hydrogen) atoms. The Labute approximate surface area is 108 Å². The largest absolute Gasteiger partial charge is 0.385 e. The van der Waals surface area contributed by atoms with E-state index in [4.69, 9.17) is 5.73 Å². The van der Waals surface area contributed by atoms with Gasteiger partial charge in [0.05, 0.1) is 0 Å². The first kappa shape index (κ1) is 12.9. The molecule has 0 spiro atoms. The Balaban J connectivity index is 1.94. The molecular formula is C14H21N3O. The number of hydrogen-bond donors (Lipinski definition) is 3. The van der Waals surface area contributed by atoms with Crippen molar-refractivity contribution in [3.05, 3.63) is 29.3 Å². The summed E-state index contributed by atoms with van der Waals surface area (Å²) in [6.45, 7) is 5.20. The number of primary amides is 1. The maximum Gasteiger partial charge on any atom is 0.248 e. The smallest absolute Gasteiger partial charge is 0.248 e. The van der Waals surface area contributed by atoms with Gasteiger partial charge in [0, 0.05) is 17.8 Å². The quantitative estimate of drug-likeness (QED) is 0.755. The minimum atomic E-state index is -0.374. The molecule has 1 aromatic rings. The van der Waals surface area contributed by atoms with Crippen molar-refractivity contribution in [3.63, 3.8) is 0 Å². The zero-order valence-electron chi connectivity index (χ0n) is 10.8. The van der Waals surface area contributed by atoms with E-state index in [1.54, 1.807) is 6.07 Å². The van der Waals surface area contributed by atoms with Crippen molar-refractivity contribution in [2.24, 2.45) is 11.7 Å². The molecule has 98 valence electrons. The Kier molecular flexibility index (Phi) is 4.20. The molecular weight excluding hydrogens is 226 g/mol. The van der Waals surface area contributed by atoms with Crippen LogP contribution in [0.15, 0.2) is 18.2 Å². The highest BCUT2D eigenvalue weighted by Crippen LogP contribution is 2.18. The van der Waals surface area contributed by atoms with Gasteiger partial charge in [0.15, 0.2) is 0 Å². The zero-order chi connectivity index (χ0) is 13.0. The first-order valence-corrected chi connectivity index (χ1v) is 6.52. The Morgan fingerprint density at radius 3 is 3.00 bits per heavy atom. The molecule has 1 aliphatic heterocycles. The van der Waals surface area contributed by atoms with Gasteiger partial charge in [0.1, 0.15) is 0 Å². The Morgan fingerprint density at radius 2 is 2.39 bits per heavy atom. The molecule has 1 amide bonds. The molecule has 0 bridgehead atoms. The van der Waals surface area contributed by atoms with Gasteiger partial charge in [-0.2, -0.15) is 0 Å². The summed E-state index contributed by atoms with van der Waals surface area (Å²) in [6, 6.07) is 5.55. The molecule has 1 unspecified atom stereocenters. The molecule has 0 saturated carbocycles. The van der Waals surface area contributed by atoms with E-state index in [0.717, 1.165) is 30.9 Å². The van der Waals surface area contributed by atoms with Crippen LogP contribution in [0.3, 0.4) is 0 Å². The van der Waals surface area contributed by atoms with Crippen molar-refractivity contribution in [3.8, 4) is 0 Å². The van der Waals surface area contributed by atoms with Gasteiger partial charge in [0.2, 0.25) is 5.91 Å². The highest BCUT2D eigenvalue weighted by Gasteiger charge is 2.13. The van der Waals surface area contributed by atoms with Gasteiger partial charge in [-0.1, -0.05) is 0 Å². The van der Waals surface area contributed by atoms with Crippen LogP contribution in [0.2, 0.25) is 0 Å². The topological polar surface area (TPSA) is 67.2 Å². The van der Waals surface area contributed by atoms with E-state index in [1.165, 1.54) is 12.8 Å². The lowest BCUT2D eigenvalue weighted by molar-refractivity contribution is 0.1000. The van der Waals surface area contributed by atoms with E-state index in [9.17, 15) is 4.79 Å². The summed E-state index contributed by atoms with van der Waals surface area (Å²) >= 11 is 0. The van der Waals surface area contributed by atoms with Crippen LogP contribution in [0.4, 0.5) is 5.69 Å². The zero-order valence-corrected chi connectivity index (χ0v) is 10.8. The number of anilines is 1.